The second-order valence-corrected chi connectivity index (χ2v) is 10.4. The molecular weight excluding hydrogens is 498 g/mol. The number of carboxylic acids is 1. The standard InChI is InChI=1S/C20H21N7O6S2/c1-27(3-9-6-33-7-10(9)4-27)5-11-8-34-18-13(17(29)26(18)14(11)19(30)31)22-16(28)12(24-32-2)15-23-20(21)35-25-15/h3-4,13,18H,5-8H2,1-2H3,(H3-,21,22,23,25,28,30,31)/p+1/b24-12-/t13-,18-/m1/s1. The van der Waals surface area contributed by atoms with E-state index in [1.54, 1.807) is 0 Å². The first-order valence-electron chi connectivity index (χ1n) is 10.5. The summed E-state index contributed by atoms with van der Waals surface area (Å²) in [6.45, 7) is 1.51. The molecule has 184 valence electrons. The number of carbonyl (C=O) groups is 3. The maximum absolute atomic E-state index is 13.0. The molecule has 2 saturated heterocycles. The summed E-state index contributed by atoms with van der Waals surface area (Å²) in [4.78, 5) is 48.0. The Morgan fingerprint density at radius 2 is 2.11 bits per heavy atom. The number of nitrogens with one attached hydrogen (secondary N) is 1. The van der Waals surface area contributed by atoms with E-state index in [-0.39, 0.29) is 22.4 Å². The molecule has 4 aliphatic heterocycles. The highest BCUT2D eigenvalue weighted by atomic mass is 32.2. The Hall–Kier alpha value is -3.27. The van der Waals surface area contributed by atoms with Gasteiger partial charge < -0.3 is 25.7 Å². The van der Waals surface area contributed by atoms with Gasteiger partial charge in [-0.3, -0.25) is 19.0 Å². The Morgan fingerprint density at radius 1 is 1.40 bits per heavy atom. The largest absolute Gasteiger partial charge is 0.477 e. The lowest BCUT2D eigenvalue weighted by molar-refractivity contribution is -0.799. The van der Waals surface area contributed by atoms with Gasteiger partial charge >= 0.3 is 5.97 Å². The van der Waals surface area contributed by atoms with Crippen LogP contribution in [0.5, 0.6) is 0 Å². The third kappa shape index (κ3) is 4.09. The van der Waals surface area contributed by atoms with Gasteiger partial charge in [0.25, 0.3) is 11.8 Å². The van der Waals surface area contributed by atoms with E-state index in [2.05, 4.69) is 32.2 Å². The molecule has 0 unspecified atom stereocenters. The van der Waals surface area contributed by atoms with E-state index < -0.39 is 29.2 Å². The molecule has 2 fully saturated rings. The predicted octanol–water partition coefficient (Wildman–Crippen LogP) is -0.532. The van der Waals surface area contributed by atoms with Crippen molar-refractivity contribution < 1.29 is 33.5 Å². The Kier molecular flexibility index (Phi) is 5.86. The molecular formula is C20H22N7O6S2+. The number of ether oxygens (including phenoxy) is 1. The van der Waals surface area contributed by atoms with Gasteiger partial charge in [0.05, 0.1) is 20.3 Å². The average molecular weight is 521 g/mol. The number of carbonyl (C=O) groups excluding carboxylic acids is 2. The van der Waals surface area contributed by atoms with Crippen molar-refractivity contribution in [1.29, 1.82) is 0 Å². The van der Waals surface area contributed by atoms with Crippen LogP contribution in [-0.2, 0) is 24.0 Å². The third-order valence-electron chi connectivity index (χ3n) is 5.95. The molecule has 1 aromatic heterocycles. The van der Waals surface area contributed by atoms with E-state index in [9.17, 15) is 19.5 Å². The third-order valence-corrected chi connectivity index (χ3v) is 7.83. The number of anilines is 1. The SMILES string of the molecule is CO/N=C(\C(=O)N[C@@H]1C(=O)N2C(C(=O)O)=C(C[N+]3(C)C=C4COCC4=C3)CS[C@H]12)c1nsc(N)n1. The lowest BCUT2D eigenvalue weighted by Gasteiger charge is -2.49. The number of aromatic nitrogens is 2. The van der Waals surface area contributed by atoms with Crippen molar-refractivity contribution in [2.45, 2.75) is 11.4 Å². The van der Waals surface area contributed by atoms with Crippen LogP contribution >= 0.6 is 23.3 Å². The molecule has 1 aromatic rings. The van der Waals surface area contributed by atoms with Crippen LogP contribution in [0.2, 0.25) is 0 Å². The minimum absolute atomic E-state index is 0.0267. The number of hydrogen-bond acceptors (Lipinski definition) is 11. The van der Waals surface area contributed by atoms with Crippen molar-refractivity contribution in [1.82, 2.24) is 19.6 Å². The number of carboxylic acid groups (broad SMARTS) is 1. The summed E-state index contributed by atoms with van der Waals surface area (Å²) in [5, 5.41) is 15.8. The summed E-state index contributed by atoms with van der Waals surface area (Å²) in [6, 6.07) is -0.932. The Balaban J connectivity index is 1.34. The van der Waals surface area contributed by atoms with Gasteiger partial charge in [0, 0.05) is 34.0 Å². The van der Waals surface area contributed by atoms with Gasteiger partial charge in [-0.05, 0) is 0 Å². The van der Waals surface area contributed by atoms with E-state index in [4.69, 9.17) is 15.3 Å². The zero-order chi connectivity index (χ0) is 24.9. The van der Waals surface area contributed by atoms with Crippen molar-refractivity contribution in [2.75, 3.05) is 45.4 Å². The highest BCUT2D eigenvalue weighted by Crippen LogP contribution is 2.42. The smallest absolute Gasteiger partial charge is 0.352 e. The second kappa shape index (κ2) is 8.75. The Bertz CT molecular complexity index is 1230. The minimum atomic E-state index is -1.18. The number of amides is 2. The molecule has 2 amide bonds. The van der Waals surface area contributed by atoms with E-state index in [1.807, 2.05) is 7.05 Å². The van der Waals surface area contributed by atoms with Crippen molar-refractivity contribution in [3.05, 3.63) is 40.6 Å². The van der Waals surface area contributed by atoms with Crippen LogP contribution in [0.3, 0.4) is 0 Å². The summed E-state index contributed by atoms with van der Waals surface area (Å²) in [6.07, 6.45) is 4.12. The van der Waals surface area contributed by atoms with Gasteiger partial charge in [0.15, 0.2) is 5.13 Å². The number of hydrogen-bond donors (Lipinski definition) is 3. The maximum atomic E-state index is 13.0. The van der Waals surface area contributed by atoms with Crippen LogP contribution in [0.1, 0.15) is 5.82 Å². The molecule has 2 atom stereocenters. The molecule has 0 saturated carbocycles. The molecule has 0 radical (unpaired) electrons. The molecule has 4 N–H and O–H groups in total. The molecule has 0 bridgehead atoms. The normalized spacial score (nSPS) is 24.9. The van der Waals surface area contributed by atoms with Gasteiger partial charge in [-0.15, -0.1) is 11.8 Å². The monoisotopic (exact) mass is 520 g/mol. The van der Waals surface area contributed by atoms with Crippen LogP contribution in [0.4, 0.5) is 5.13 Å². The Morgan fingerprint density at radius 3 is 2.71 bits per heavy atom. The van der Waals surface area contributed by atoms with Crippen LogP contribution < -0.4 is 11.1 Å². The zero-order valence-corrected chi connectivity index (χ0v) is 20.4. The number of nitrogen functional groups attached to an aromatic ring is 1. The van der Waals surface area contributed by atoms with Gasteiger partial charge in [0.2, 0.25) is 11.5 Å². The molecule has 15 heteroatoms. The lowest BCUT2D eigenvalue weighted by atomic mass is 10.0. The number of nitrogens with zero attached hydrogens (tertiary/aromatic N) is 5. The number of rotatable bonds is 7. The summed E-state index contributed by atoms with van der Waals surface area (Å²) in [5.41, 5.74) is 8.19. The number of likely N-dealkylation sites (N-methyl/N-ethyl adjacent to an activating group) is 1. The summed E-state index contributed by atoms with van der Waals surface area (Å²) in [5.74, 6) is -2.04. The lowest BCUT2D eigenvalue weighted by Crippen LogP contribution is -2.71. The second-order valence-electron chi connectivity index (χ2n) is 8.50. The first-order valence-corrected chi connectivity index (χ1v) is 12.3. The van der Waals surface area contributed by atoms with Crippen molar-refractivity contribution in [3.63, 3.8) is 0 Å². The molecule has 35 heavy (non-hydrogen) atoms. The van der Waals surface area contributed by atoms with Crippen molar-refractivity contribution in [2.24, 2.45) is 5.16 Å². The van der Waals surface area contributed by atoms with Gasteiger partial charge in [-0.25, -0.2) is 4.79 Å². The van der Waals surface area contributed by atoms with Gasteiger partial charge in [0.1, 0.15) is 43.2 Å². The van der Waals surface area contributed by atoms with Gasteiger partial charge in [-0.2, -0.15) is 9.36 Å². The fourth-order valence-corrected chi connectivity index (χ4v) is 6.34. The summed E-state index contributed by atoms with van der Waals surface area (Å²) >= 11 is 2.29. The molecule has 0 spiro atoms. The molecule has 13 nitrogen and oxygen atoms in total. The van der Waals surface area contributed by atoms with Crippen LogP contribution in [-0.4, -0.2) is 98.4 Å². The zero-order valence-electron chi connectivity index (χ0n) is 18.8. The molecule has 0 aliphatic carbocycles. The minimum Gasteiger partial charge on any atom is -0.477 e. The fourth-order valence-electron chi connectivity index (χ4n) is 4.57. The van der Waals surface area contributed by atoms with Crippen molar-refractivity contribution in [3.8, 4) is 0 Å². The van der Waals surface area contributed by atoms with E-state index >= 15 is 0 Å². The molecule has 4 aliphatic rings. The highest BCUT2D eigenvalue weighted by Gasteiger charge is 2.55. The van der Waals surface area contributed by atoms with Crippen LogP contribution in [0, 0.1) is 0 Å². The van der Waals surface area contributed by atoms with E-state index in [0.717, 1.165) is 22.7 Å². The number of β-lactam (4-membered cyclic amide) rings is 1. The number of nitrogens with two attached hydrogens (primary N) is 1. The number of aliphatic carboxylic acids is 1. The molecule has 0 aromatic carbocycles. The first-order chi connectivity index (χ1) is 16.7. The number of fused-ring (bicyclic) bond motifs is 2. The molecule has 5 rings (SSSR count). The first kappa shape index (κ1) is 23.5. The topological polar surface area (TPSA) is 169 Å². The van der Waals surface area contributed by atoms with Crippen LogP contribution in [0.15, 0.2) is 40.0 Å². The quantitative estimate of drug-likeness (QED) is 0.184. The fraction of sp³-hybridized carbons (Fsp3) is 0.400. The number of oxime groups is 1. The Labute approximate surface area is 207 Å². The molecule has 5 heterocycles. The van der Waals surface area contributed by atoms with Gasteiger partial charge in [-0.1, -0.05) is 5.16 Å². The maximum Gasteiger partial charge on any atom is 0.352 e. The highest BCUT2D eigenvalue weighted by molar-refractivity contribution is 8.00. The number of thioether (sulfide) groups is 1. The predicted molar refractivity (Wildman–Crippen MR) is 126 cm³/mol. The average Bonchev–Trinajstić information content (AvgIpc) is 3.50. The number of quaternary nitrogens is 1. The summed E-state index contributed by atoms with van der Waals surface area (Å²) < 4.78 is 9.81. The summed E-state index contributed by atoms with van der Waals surface area (Å²) in [7, 11) is 3.25. The van der Waals surface area contributed by atoms with Crippen molar-refractivity contribution >= 4 is 51.9 Å². The van der Waals surface area contributed by atoms with E-state index in [0.29, 0.717) is 35.6 Å². The van der Waals surface area contributed by atoms with Crippen LogP contribution in [0.25, 0.3) is 0 Å². The van der Waals surface area contributed by atoms with E-state index in [1.165, 1.54) is 23.8 Å².